The smallest absolute Gasteiger partial charge is 0.0215 e. The highest BCUT2D eigenvalue weighted by Crippen LogP contribution is 2.11. The van der Waals surface area contributed by atoms with Gasteiger partial charge < -0.3 is 0 Å². The van der Waals surface area contributed by atoms with Gasteiger partial charge >= 0.3 is 0 Å². The van der Waals surface area contributed by atoms with Gasteiger partial charge in [-0.2, -0.15) is 12.6 Å². The molecule has 1 atom stereocenters. The molecule has 0 amide bonds. The Balaban J connectivity index is -0.000000231. The molecule has 0 radical (unpaired) electrons. The van der Waals surface area contributed by atoms with Crippen molar-refractivity contribution in [3.8, 4) is 0 Å². The van der Waals surface area contributed by atoms with E-state index in [0.717, 1.165) is 12.3 Å². The Morgan fingerprint density at radius 1 is 1.10 bits per heavy atom. The van der Waals surface area contributed by atoms with Gasteiger partial charge in [-0.15, -0.1) is 6.58 Å². The van der Waals surface area contributed by atoms with Crippen LogP contribution in [0.5, 0.6) is 0 Å². The number of aryl methyl sites for hydroxylation is 1. The monoisotopic (exact) mass is 296 g/mol. The molecule has 118 valence electrons. The van der Waals surface area contributed by atoms with Gasteiger partial charge in [-0.05, 0) is 37.5 Å². The molecule has 20 heavy (non-hydrogen) atoms. The minimum absolute atomic E-state index is 0.826. The Hall–Kier alpha value is -0.690. The molecule has 1 unspecified atom stereocenters. The molecule has 1 aromatic carbocycles. The van der Waals surface area contributed by atoms with Gasteiger partial charge in [0, 0.05) is 0 Å². The van der Waals surface area contributed by atoms with Crippen molar-refractivity contribution in [3.05, 3.63) is 48.0 Å². The summed E-state index contributed by atoms with van der Waals surface area (Å²) in [4.78, 5) is 0. The van der Waals surface area contributed by atoms with Crippen molar-refractivity contribution in [2.45, 2.75) is 60.8 Å². The molecule has 0 heterocycles. The third-order valence-electron chi connectivity index (χ3n) is 2.64. The van der Waals surface area contributed by atoms with Crippen LogP contribution in [0.4, 0.5) is 0 Å². The van der Waals surface area contributed by atoms with Gasteiger partial charge in [0.2, 0.25) is 0 Å². The molecule has 0 spiro atoms. The summed E-state index contributed by atoms with van der Waals surface area (Å²) in [7, 11) is 0. The van der Waals surface area contributed by atoms with E-state index in [-0.39, 0.29) is 0 Å². The molecule has 0 N–H and O–H groups in total. The van der Waals surface area contributed by atoms with Crippen LogP contribution in [0, 0.1) is 5.92 Å². The number of benzene rings is 1. The average Bonchev–Trinajstić information content (AvgIpc) is 2.52. The highest BCUT2D eigenvalue weighted by atomic mass is 32.1. The zero-order valence-corrected chi connectivity index (χ0v) is 15.6. The van der Waals surface area contributed by atoms with Crippen molar-refractivity contribution in [1.29, 1.82) is 0 Å². The van der Waals surface area contributed by atoms with Gasteiger partial charge in [-0.25, -0.2) is 0 Å². The summed E-state index contributed by atoms with van der Waals surface area (Å²) in [6.07, 6.45) is 5.30. The van der Waals surface area contributed by atoms with Crippen molar-refractivity contribution in [2.75, 3.05) is 6.26 Å². The first-order valence-electron chi connectivity index (χ1n) is 7.73. The highest BCUT2D eigenvalue weighted by molar-refractivity contribution is 7.79. The Bertz CT molecular complexity index is 277. The molecule has 0 bridgehead atoms. The molecule has 1 rings (SSSR count). The SMILES string of the molecule is C=C(C)CC(C)CC.CC.CCc1ccccc1.CS. The number of rotatable bonds is 4. The fourth-order valence-electron chi connectivity index (χ4n) is 1.45. The van der Waals surface area contributed by atoms with Gasteiger partial charge in [-0.3, -0.25) is 0 Å². The van der Waals surface area contributed by atoms with Crippen LogP contribution in [-0.4, -0.2) is 6.26 Å². The number of thiol groups is 1. The molecule has 0 saturated heterocycles. The van der Waals surface area contributed by atoms with E-state index in [9.17, 15) is 0 Å². The first-order valence-corrected chi connectivity index (χ1v) is 8.62. The lowest BCUT2D eigenvalue weighted by atomic mass is 10.0. The van der Waals surface area contributed by atoms with E-state index in [1.54, 1.807) is 6.26 Å². The van der Waals surface area contributed by atoms with Crippen molar-refractivity contribution in [3.63, 3.8) is 0 Å². The molecule has 0 fully saturated rings. The third kappa shape index (κ3) is 19.6. The van der Waals surface area contributed by atoms with Crippen molar-refractivity contribution < 1.29 is 0 Å². The fourth-order valence-corrected chi connectivity index (χ4v) is 1.45. The normalized spacial score (nSPS) is 9.60. The lowest BCUT2D eigenvalue weighted by Gasteiger charge is -2.05. The van der Waals surface area contributed by atoms with Gasteiger partial charge in [0.15, 0.2) is 0 Å². The quantitative estimate of drug-likeness (QED) is 0.457. The van der Waals surface area contributed by atoms with E-state index >= 15 is 0 Å². The number of hydrogen-bond donors (Lipinski definition) is 1. The standard InChI is InChI=1S/C8H10.C8H16.C2H6.CH4S/c1-2-8-6-4-3-5-7-8;1-5-8(4)6-7(2)3;2*1-2/h3-7H,2H2,1H3;8H,2,5-6H2,1,3-4H3;1-2H3;2H,1H3. The Morgan fingerprint density at radius 3 is 1.75 bits per heavy atom. The molecular formula is C19H36S. The van der Waals surface area contributed by atoms with E-state index in [1.165, 1.54) is 24.0 Å². The zero-order chi connectivity index (χ0) is 16.4. The fraction of sp³-hybridized carbons (Fsp3) is 0.579. The van der Waals surface area contributed by atoms with E-state index in [4.69, 9.17) is 0 Å². The maximum Gasteiger partial charge on any atom is -0.0215 e. The topological polar surface area (TPSA) is 0 Å². The maximum atomic E-state index is 3.84. The molecule has 1 aromatic rings. The van der Waals surface area contributed by atoms with Crippen LogP contribution >= 0.6 is 12.6 Å². The summed E-state index contributed by atoms with van der Waals surface area (Å²) < 4.78 is 0. The first kappa shape index (κ1) is 24.3. The van der Waals surface area contributed by atoms with Crippen molar-refractivity contribution in [1.82, 2.24) is 0 Å². The van der Waals surface area contributed by atoms with E-state index in [2.05, 4.69) is 71.2 Å². The van der Waals surface area contributed by atoms with Gasteiger partial charge in [-0.1, -0.05) is 76.9 Å². The minimum Gasteiger partial charge on any atom is -0.183 e. The number of allylic oxidation sites excluding steroid dienone is 1. The van der Waals surface area contributed by atoms with Crippen LogP contribution in [0.15, 0.2) is 42.5 Å². The average molecular weight is 297 g/mol. The van der Waals surface area contributed by atoms with Gasteiger partial charge in [0.1, 0.15) is 0 Å². The van der Waals surface area contributed by atoms with Crippen LogP contribution in [0.25, 0.3) is 0 Å². The Labute approximate surface area is 134 Å². The summed E-state index contributed by atoms with van der Waals surface area (Å²) in [5.41, 5.74) is 2.71. The van der Waals surface area contributed by atoms with Crippen molar-refractivity contribution >= 4 is 12.6 Å². The Kier molecular flexibility index (Phi) is 25.1. The first-order chi connectivity index (χ1) is 9.60. The molecule has 0 aliphatic heterocycles. The second-order valence-corrected chi connectivity index (χ2v) is 4.51. The van der Waals surface area contributed by atoms with Crippen LogP contribution < -0.4 is 0 Å². The lowest BCUT2D eigenvalue weighted by molar-refractivity contribution is 0.558. The van der Waals surface area contributed by atoms with Crippen LogP contribution in [-0.2, 0) is 6.42 Å². The van der Waals surface area contributed by atoms with Gasteiger partial charge in [0.05, 0.1) is 0 Å². The molecule has 0 nitrogen and oxygen atoms in total. The van der Waals surface area contributed by atoms with Crippen molar-refractivity contribution in [2.24, 2.45) is 5.92 Å². The number of hydrogen-bond acceptors (Lipinski definition) is 1. The largest absolute Gasteiger partial charge is 0.183 e. The molecule has 0 saturated carbocycles. The maximum absolute atomic E-state index is 3.84. The van der Waals surface area contributed by atoms with E-state index < -0.39 is 0 Å². The molecule has 0 aromatic heterocycles. The predicted molar refractivity (Wildman–Crippen MR) is 101 cm³/mol. The van der Waals surface area contributed by atoms with Crippen LogP contribution in [0.2, 0.25) is 0 Å². The van der Waals surface area contributed by atoms with Gasteiger partial charge in [0.25, 0.3) is 0 Å². The Morgan fingerprint density at radius 2 is 1.55 bits per heavy atom. The summed E-state index contributed by atoms with van der Waals surface area (Å²) in [5.74, 6) is 0.826. The highest BCUT2D eigenvalue weighted by Gasteiger charge is 1.95. The van der Waals surface area contributed by atoms with E-state index in [0.29, 0.717) is 0 Å². The minimum atomic E-state index is 0.826. The summed E-state index contributed by atoms with van der Waals surface area (Å²) >= 11 is 3.53. The lowest BCUT2D eigenvalue weighted by Crippen LogP contribution is -1.90. The zero-order valence-electron chi connectivity index (χ0n) is 14.7. The second kappa shape index (κ2) is 20.6. The third-order valence-corrected chi connectivity index (χ3v) is 2.64. The van der Waals surface area contributed by atoms with Crippen LogP contribution in [0.1, 0.15) is 59.9 Å². The summed E-state index contributed by atoms with van der Waals surface area (Å²) in [5, 5.41) is 0. The molecule has 1 heteroatoms. The van der Waals surface area contributed by atoms with E-state index in [1.807, 2.05) is 19.9 Å². The van der Waals surface area contributed by atoms with Crippen LogP contribution in [0.3, 0.4) is 0 Å². The second-order valence-electron chi connectivity index (χ2n) is 4.51. The molecule has 0 aliphatic carbocycles. The predicted octanol–water partition coefficient (Wildman–Crippen LogP) is 6.82. The molecule has 0 aliphatic rings. The summed E-state index contributed by atoms with van der Waals surface area (Å²) in [6, 6.07) is 10.5. The molecular weight excluding hydrogens is 260 g/mol. The summed E-state index contributed by atoms with van der Waals surface area (Å²) in [6.45, 7) is 16.6.